The van der Waals surface area contributed by atoms with Gasteiger partial charge in [-0.2, -0.15) is 0 Å². The predicted octanol–water partition coefficient (Wildman–Crippen LogP) is 1.67. The fourth-order valence-electron chi connectivity index (χ4n) is 1.53. The minimum atomic E-state index is -0.169. The van der Waals surface area contributed by atoms with Gasteiger partial charge >= 0.3 is 0 Å². The summed E-state index contributed by atoms with van der Waals surface area (Å²) in [4.78, 5) is 18.7. The topological polar surface area (TPSA) is 71.2 Å². The molecule has 0 aliphatic heterocycles. The van der Waals surface area contributed by atoms with Crippen LogP contribution in [0.3, 0.4) is 0 Å². The maximum Gasteiger partial charge on any atom is 0.265 e. The monoisotopic (exact) mass is 312 g/mol. The average Bonchev–Trinajstić information content (AvgIpc) is 2.81. The van der Waals surface area contributed by atoms with Crippen LogP contribution in [0.1, 0.15) is 23.0 Å². The van der Waals surface area contributed by atoms with Gasteiger partial charge in [0.15, 0.2) is 5.13 Å². The van der Waals surface area contributed by atoms with E-state index in [2.05, 4.69) is 23.1 Å². The van der Waals surface area contributed by atoms with Gasteiger partial charge in [-0.25, -0.2) is 4.98 Å². The number of rotatable bonds is 8. The summed E-state index contributed by atoms with van der Waals surface area (Å²) in [7, 11) is 1.94. The van der Waals surface area contributed by atoms with Gasteiger partial charge in [0.1, 0.15) is 10.7 Å². The lowest BCUT2D eigenvalue weighted by Crippen LogP contribution is -2.25. The predicted molar refractivity (Wildman–Crippen MR) is 88.6 cm³/mol. The van der Waals surface area contributed by atoms with Gasteiger partial charge in [0.25, 0.3) is 5.91 Å². The zero-order valence-corrected chi connectivity index (χ0v) is 13.4. The molecule has 3 N–H and O–H groups in total. The molecule has 0 atom stereocenters. The zero-order valence-electron chi connectivity index (χ0n) is 11.8. The molecule has 0 bridgehead atoms. The Labute approximate surface area is 128 Å². The fourth-order valence-corrected chi connectivity index (χ4v) is 2.92. The highest BCUT2D eigenvalue weighted by Gasteiger charge is 2.17. The Balaban J connectivity index is 2.54. The molecular weight excluding hydrogens is 292 g/mol. The number of aromatic nitrogens is 1. The average molecular weight is 312 g/mol. The van der Waals surface area contributed by atoms with Crippen molar-refractivity contribution in [2.45, 2.75) is 13.3 Å². The first-order valence-corrected chi connectivity index (χ1v) is 8.34. The van der Waals surface area contributed by atoms with Crippen LogP contribution in [0.2, 0.25) is 0 Å². The summed E-state index contributed by atoms with van der Waals surface area (Å²) in [6.07, 6.45) is 6.17. The van der Waals surface area contributed by atoms with Crippen molar-refractivity contribution >= 4 is 40.0 Å². The summed E-state index contributed by atoms with van der Waals surface area (Å²) in [5.74, 6) is 4.11. The van der Waals surface area contributed by atoms with Gasteiger partial charge in [-0.15, -0.1) is 18.2 Å². The summed E-state index contributed by atoms with van der Waals surface area (Å²) in [6.45, 7) is 3.55. The number of carbonyl (C=O) groups excluding carboxylic acids is 1. The Bertz CT molecular complexity index is 481. The van der Waals surface area contributed by atoms with Crippen LogP contribution in [-0.2, 0) is 0 Å². The van der Waals surface area contributed by atoms with Crippen LogP contribution in [-0.4, -0.2) is 42.5 Å². The molecule has 0 fully saturated rings. The standard InChI is InChI=1S/C13H20N4OS2/c1-4-7-17(3)13-16-11(14)10(20-13)12(18)15-6-9-19-8-5-2/h2H,4,6-9,14H2,1,3H3,(H,15,18). The second-order valence-corrected chi connectivity index (χ2v) is 6.23. The number of amides is 1. The third-order valence-corrected chi connectivity index (χ3v) is 4.50. The highest BCUT2D eigenvalue weighted by Crippen LogP contribution is 2.27. The van der Waals surface area contributed by atoms with E-state index >= 15 is 0 Å². The SMILES string of the molecule is C#CCSCCNC(=O)c1sc(N(C)CCC)nc1N. The first-order chi connectivity index (χ1) is 9.60. The number of nitrogens with two attached hydrogens (primary N) is 1. The molecule has 110 valence electrons. The van der Waals surface area contributed by atoms with Crippen molar-refractivity contribution in [2.24, 2.45) is 0 Å². The largest absolute Gasteiger partial charge is 0.382 e. The molecule has 0 unspecified atom stereocenters. The van der Waals surface area contributed by atoms with Crippen LogP contribution in [0.4, 0.5) is 10.9 Å². The second kappa shape index (κ2) is 8.72. The molecule has 0 saturated carbocycles. The number of terminal acetylenes is 1. The van der Waals surface area contributed by atoms with Crippen LogP contribution in [0, 0.1) is 12.3 Å². The molecule has 1 heterocycles. The Hall–Kier alpha value is -1.39. The van der Waals surface area contributed by atoms with Crippen LogP contribution in [0.25, 0.3) is 0 Å². The molecule has 7 heteroatoms. The number of thioether (sulfide) groups is 1. The maximum absolute atomic E-state index is 12.0. The Kier molecular flexibility index (Phi) is 7.26. The van der Waals surface area contributed by atoms with Crippen molar-refractivity contribution in [2.75, 3.05) is 42.3 Å². The second-order valence-electron chi connectivity index (χ2n) is 4.14. The van der Waals surface area contributed by atoms with Gasteiger partial charge < -0.3 is 16.0 Å². The van der Waals surface area contributed by atoms with Gasteiger partial charge in [0.05, 0.1) is 5.75 Å². The van der Waals surface area contributed by atoms with Crippen molar-refractivity contribution in [1.82, 2.24) is 10.3 Å². The molecule has 0 aliphatic carbocycles. The highest BCUT2D eigenvalue weighted by molar-refractivity contribution is 7.99. The minimum Gasteiger partial charge on any atom is -0.382 e. The van der Waals surface area contributed by atoms with E-state index in [1.54, 1.807) is 11.8 Å². The summed E-state index contributed by atoms with van der Waals surface area (Å²) < 4.78 is 0. The van der Waals surface area contributed by atoms with Crippen molar-refractivity contribution in [3.63, 3.8) is 0 Å². The van der Waals surface area contributed by atoms with Gasteiger partial charge in [0.2, 0.25) is 0 Å². The number of thiazole rings is 1. The summed E-state index contributed by atoms with van der Waals surface area (Å²) in [5.41, 5.74) is 5.81. The summed E-state index contributed by atoms with van der Waals surface area (Å²) in [6, 6.07) is 0. The van der Waals surface area contributed by atoms with Crippen LogP contribution in [0.15, 0.2) is 0 Å². The van der Waals surface area contributed by atoms with Gasteiger partial charge in [-0.05, 0) is 6.42 Å². The quantitative estimate of drug-likeness (QED) is 0.564. The summed E-state index contributed by atoms with van der Waals surface area (Å²) >= 11 is 2.93. The Morgan fingerprint density at radius 1 is 1.65 bits per heavy atom. The number of nitrogens with zero attached hydrogens (tertiary/aromatic N) is 2. The van der Waals surface area contributed by atoms with Crippen molar-refractivity contribution in [1.29, 1.82) is 0 Å². The number of hydrogen-bond donors (Lipinski definition) is 2. The van der Waals surface area contributed by atoms with E-state index in [-0.39, 0.29) is 5.91 Å². The lowest BCUT2D eigenvalue weighted by molar-refractivity contribution is 0.0961. The van der Waals surface area contributed by atoms with E-state index in [1.807, 2.05) is 11.9 Å². The number of nitrogen functional groups attached to an aromatic ring is 1. The molecule has 0 aliphatic rings. The number of anilines is 2. The van der Waals surface area contributed by atoms with E-state index in [9.17, 15) is 4.79 Å². The van der Waals surface area contributed by atoms with Crippen LogP contribution in [0.5, 0.6) is 0 Å². The van der Waals surface area contributed by atoms with Crippen LogP contribution < -0.4 is 16.0 Å². The third-order valence-electron chi connectivity index (χ3n) is 2.45. The highest BCUT2D eigenvalue weighted by atomic mass is 32.2. The Morgan fingerprint density at radius 3 is 3.05 bits per heavy atom. The van der Waals surface area contributed by atoms with Gasteiger partial charge in [0, 0.05) is 25.9 Å². The molecular formula is C13H20N4OS2. The van der Waals surface area contributed by atoms with E-state index in [1.165, 1.54) is 11.3 Å². The maximum atomic E-state index is 12.0. The number of hydrogen-bond acceptors (Lipinski definition) is 6. The lowest BCUT2D eigenvalue weighted by atomic mass is 10.4. The first-order valence-electron chi connectivity index (χ1n) is 6.37. The molecule has 20 heavy (non-hydrogen) atoms. The molecule has 1 rings (SSSR count). The molecule has 1 amide bonds. The Morgan fingerprint density at radius 2 is 2.40 bits per heavy atom. The first kappa shape index (κ1) is 16.7. The normalized spacial score (nSPS) is 10.1. The molecule has 0 spiro atoms. The molecule has 1 aromatic rings. The lowest BCUT2D eigenvalue weighted by Gasteiger charge is -2.13. The smallest absolute Gasteiger partial charge is 0.265 e. The van der Waals surface area contributed by atoms with Crippen molar-refractivity contribution in [3.8, 4) is 12.3 Å². The molecule has 0 saturated heterocycles. The molecule has 1 aromatic heterocycles. The van der Waals surface area contributed by atoms with E-state index in [0.717, 1.165) is 23.8 Å². The number of nitrogens with one attached hydrogen (secondary N) is 1. The van der Waals surface area contributed by atoms with Crippen molar-refractivity contribution in [3.05, 3.63) is 4.88 Å². The van der Waals surface area contributed by atoms with Crippen LogP contribution >= 0.6 is 23.1 Å². The minimum absolute atomic E-state index is 0.169. The fraction of sp³-hybridized carbons (Fsp3) is 0.538. The third kappa shape index (κ3) is 4.94. The van der Waals surface area contributed by atoms with Crippen molar-refractivity contribution < 1.29 is 4.79 Å². The van der Waals surface area contributed by atoms with E-state index in [0.29, 0.717) is 23.0 Å². The zero-order chi connectivity index (χ0) is 15.0. The summed E-state index contributed by atoms with van der Waals surface area (Å²) in [5, 5.41) is 3.60. The molecule has 0 aromatic carbocycles. The molecule has 0 radical (unpaired) electrons. The van der Waals surface area contributed by atoms with Gasteiger partial charge in [-0.3, -0.25) is 4.79 Å². The molecule has 5 nitrogen and oxygen atoms in total. The number of carbonyl (C=O) groups is 1. The van der Waals surface area contributed by atoms with E-state index < -0.39 is 0 Å². The van der Waals surface area contributed by atoms with E-state index in [4.69, 9.17) is 12.2 Å². The van der Waals surface area contributed by atoms with Gasteiger partial charge in [-0.1, -0.05) is 24.2 Å².